The number of sulfonamides is 1. The molecular weight excluding hydrogens is 222 g/mol. The second kappa shape index (κ2) is 4.29. The molecule has 0 aliphatic carbocycles. The lowest BCUT2D eigenvalue weighted by Gasteiger charge is -2.07. The maximum Gasteiger partial charge on any atom is 0.242 e. The molecule has 0 aromatic heterocycles. The summed E-state index contributed by atoms with van der Waals surface area (Å²) in [5, 5.41) is 0.286. The van der Waals surface area contributed by atoms with Crippen LogP contribution in [0.5, 0.6) is 0 Å². The molecule has 1 N–H and O–H groups in total. The topological polar surface area (TPSA) is 46.2 Å². The largest absolute Gasteiger partial charge is 0.242 e. The lowest BCUT2D eigenvalue weighted by atomic mass is 10.2. The molecule has 0 radical (unpaired) electrons. The molecule has 1 aromatic rings. The fourth-order valence-corrected chi connectivity index (χ4v) is 2.72. The van der Waals surface area contributed by atoms with Crippen molar-refractivity contribution in [3.63, 3.8) is 0 Å². The Labute approximate surface area is 89.1 Å². The van der Waals surface area contributed by atoms with Crippen molar-refractivity contribution in [1.29, 1.82) is 0 Å². The monoisotopic (exact) mass is 233 g/mol. The Bertz CT molecular complexity index is 428. The van der Waals surface area contributed by atoms with Crippen molar-refractivity contribution in [2.24, 2.45) is 0 Å². The molecule has 0 spiro atoms. The summed E-state index contributed by atoms with van der Waals surface area (Å²) in [6, 6.07) is 4.94. The highest BCUT2D eigenvalue weighted by Crippen LogP contribution is 2.24. The summed E-state index contributed by atoms with van der Waals surface area (Å²) in [4.78, 5) is 0.140. The van der Waals surface area contributed by atoms with E-state index in [-0.39, 0.29) is 9.92 Å². The minimum absolute atomic E-state index is 0.140. The Hall–Kier alpha value is -0.580. The Morgan fingerprint density at radius 2 is 2.07 bits per heavy atom. The maximum atomic E-state index is 11.6. The van der Waals surface area contributed by atoms with E-state index in [0.29, 0.717) is 6.54 Å². The van der Waals surface area contributed by atoms with Gasteiger partial charge < -0.3 is 0 Å². The van der Waals surface area contributed by atoms with Crippen molar-refractivity contribution in [2.45, 2.75) is 18.7 Å². The number of rotatable bonds is 3. The van der Waals surface area contributed by atoms with Gasteiger partial charge in [0.05, 0.1) is 5.02 Å². The number of halogens is 1. The zero-order valence-corrected chi connectivity index (χ0v) is 9.61. The highest BCUT2D eigenvalue weighted by atomic mass is 35.5. The molecule has 0 amide bonds. The average molecular weight is 234 g/mol. The quantitative estimate of drug-likeness (QED) is 0.868. The summed E-state index contributed by atoms with van der Waals surface area (Å²) in [5.41, 5.74) is 0.755. The van der Waals surface area contributed by atoms with Crippen LogP contribution in [0.15, 0.2) is 23.1 Å². The summed E-state index contributed by atoms with van der Waals surface area (Å²) in [6.45, 7) is 3.85. The van der Waals surface area contributed by atoms with Crippen LogP contribution in [0.1, 0.15) is 12.5 Å². The first-order valence-corrected chi connectivity index (χ1v) is 6.10. The number of benzene rings is 1. The van der Waals surface area contributed by atoms with Gasteiger partial charge in [-0.25, -0.2) is 13.1 Å². The van der Waals surface area contributed by atoms with Crippen LogP contribution in [-0.4, -0.2) is 15.0 Å². The molecular formula is C9H12ClNO2S. The average Bonchev–Trinajstić information content (AvgIpc) is 2.09. The van der Waals surface area contributed by atoms with Crippen molar-refractivity contribution >= 4 is 21.6 Å². The summed E-state index contributed by atoms with van der Waals surface area (Å²) < 4.78 is 25.6. The van der Waals surface area contributed by atoms with Gasteiger partial charge in [-0.1, -0.05) is 30.7 Å². The van der Waals surface area contributed by atoms with Gasteiger partial charge in [0, 0.05) is 6.54 Å². The fraction of sp³-hybridized carbons (Fsp3) is 0.333. The molecule has 0 aliphatic rings. The lowest BCUT2D eigenvalue weighted by molar-refractivity contribution is 0.584. The third-order valence-corrected chi connectivity index (χ3v) is 3.98. The van der Waals surface area contributed by atoms with E-state index in [1.807, 2.05) is 0 Å². The van der Waals surface area contributed by atoms with Gasteiger partial charge in [0.1, 0.15) is 4.90 Å². The second-order valence-corrected chi connectivity index (χ2v) is 5.00. The third-order valence-electron chi connectivity index (χ3n) is 1.78. The Balaban J connectivity index is 3.27. The highest BCUT2D eigenvalue weighted by molar-refractivity contribution is 7.89. The molecule has 78 valence electrons. The summed E-state index contributed by atoms with van der Waals surface area (Å²) >= 11 is 5.89. The standard InChI is InChI=1S/C9H12ClNO2S/c1-3-11-14(12,13)8-6-4-5-7(2)9(8)10/h4-6,11H,3H2,1-2H3. The van der Waals surface area contributed by atoms with Gasteiger partial charge in [0.25, 0.3) is 0 Å². The Morgan fingerprint density at radius 3 is 2.64 bits per heavy atom. The first-order chi connectivity index (χ1) is 6.49. The molecule has 1 rings (SSSR count). The second-order valence-electron chi connectivity index (χ2n) is 2.89. The van der Waals surface area contributed by atoms with E-state index >= 15 is 0 Å². The van der Waals surface area contributed by atoms with Crippen LogP contribution in [0.25, 0.3) is 0 Å². The van der Waals surface area contributed by atoms with E-state index in [0.717, 1.165) is 5.56 Å². The number of nitrogens with one attached hydrogen (secondary N) is 1. The maximum absolute atomic E-state index is 11.6. The molecule has 5 heteroatoms. The predicted octanol–water partition coefficient (Wildman–Crippen LogP) is 1.95. The summed E-state index contributed by atoms with van der Waals surface area (Å²) in [6.07, 6.45) is 0. The normalized spacial score (nSPS) is 11.6. The molecule has 1 aromatic carbocycles. The van der Waals surface area contributed by atoms with E-state index in [1.165, 1.54) is 6.07 Å². The zero-order valence-electron chi connectivity index (χ0n) is 8.04. The number of hydrogen-bond donors (Lipinski definition) is 1. The van der Waals surface area contributed by atoms with E-state index in [1.54, 1.807) is 26.0 Å². The van der Waals surface area contributed by atoms with Gasteiger partial charge in [-0.2, -0.15) is 0 Å². The predicted molar refractivity (Wildman–Crippen MR) is 57.1 cm³/mol. The zero-order chi connectivity index (χ0) is 10.8. The Morgan fingerprint density at radius 1 is 1.43 bits per heavy atom. The van der Waals surface area contributed by atoms with Crippen LogP contribution < -0.4 is 4.72 Å². The summed E-state index contributed by atoms with van der Waals surface area (Å²) in [7, 11) is -3.45. The van der Waals surface area contributed by atoms with Crippen LogP contribution in [0.4, 0.5) is 0 Å². The third kappa shape index (κ3) is 2.26. The van der Waals surface area contributed by atoms with Crippen LogP contribution in [0.2, 0.25) is 5.02 Å². The lowest BCUT2D eigenvalue weighted by Crippen LogP contribution is -2.23. The van der Waals surface area contributed by atoms with Gasteiger partial charge in [-0.05, 0) is 18.6 Å². The first kappa shape index (κ1) is 11.5. The first-order valence-electron chi connectivity index (χ1n) is 4.24. The van der Waals surface area contributed by atoms with Crippen LogP contribution in [-0.2, 0) is 10.0 Å². The van der Waals surface area contributed by atoms with Crippen molar-refractivity contribution in [3.05, 3.63) is 28.8 Å². The molecule has 0 saturated carbocycles. The van der Waals surface area contributed by atoms with Gasteiger partial charge >= 0.3 is 0 Å². The number of aryl methyl sites for hydroxylation is 1. The number of hydrogen-bond acceptors (Lipinski definition) is 2. The van der Waals surface area contributed by atoms with E-state index in [4.69, 9.17) is 11.6 Å². The van der Waals surface area contributed by atoms with Crippen molar-refractivity contribution in [1.82, 2.24) is 4.72 Å². The molecule has 0 aliphatic heterocycles. The fourth-order valence-electron chi connectivity index (χ4n) is 1.10. The minimum Gasteiger partial charge on any atom is -0.211 e. The Kier molecular flexibility index (Phi) is 3.53. The molecule has 0 atom stereocenters. The van der Waals surface area contributed by atoms with Gasteiger partial charge in [-0.15, -0.1) is 0 Å². The molecule has 0 fully saturated rings. The van der Waals surface area contributed by atoms with Crippen molar-refractivity contribution in [3.8, 4) is 0 Å². The molecule has 14 heavy (non-hydrogen) atoms. The molecule has 0 heterocycles. The molecule has 3 nitrogen and oxygen atoms in total. The van der Waals surface area contributed by atoms with Crippen molar-refractivity contribution < 1.29 is 8.42 Å². The molecule has 0 bridgehead atoms. The minimum atomic E-state index is -3.45. The molecule has 0 unspecified atom stereocenters. The molecule has 0 saturated heterocycles. The van der Waals surface area contributed by atoms with Gasteiger partial charge in [0.2, 0.25) is 10.0 Å². The SMILES string of the molecule is CCNS(=O)(=O)c1cccc(C)c1Cl. The van der Waals surface area contributed by atoms with E-state index < -0.39 is 10.0 Å². The van der Waals surface area contributed by atoms with Gasteiger partial charge in [-0.3, -0.25) is 0 Å². The van der Waals surface area contributed by atoms with Crippen LogP contribution >= 0.6 is 11.6 Å². The van der Waals surface area contributed by atoms with Crippen LogP contribution in [0, 0.1) is 6.92 Å². The highest BCUT2D eigenvalue weighted by Gasteiger charge is 2.16. The van der Waals surface area contributed by atoms with Crippen LogP contribution in [0.3, 0.4) is 0 Å². The summed E-state index contributed by atoms with van der Waals surface area (Å²) in [5.74, 6) is 0. The van der Waals surface area contributed by atoms with E-state index in [2.05, 4.69) is 4.72 Å². The smallest absolute Gasteiger partial charge is 0.211 e. The van der Waals surface area contributed by atoms with E-state index in [9.17, 15) is 8.42 Å². The van der Waals surface area contributed by atoms with Gasteiger partial charge in [0.15, 0.2) is 0 Å². The van der Waals surface area contributed by atoms with Crippen molar-refractivity contribution in [2.75, 3.05) is 6.54 Å².